The summed E-state index contributed by atoms with van der Waals surface area (Å²) in [6.07, 6.45) is 1.57. The van der Waals surface area contributed by atoms with Crippen molar-refractivity contribution in [3.05, 3.63) is 0 Å². The number of hydrogen-bond acceptors (Lipinski definition) is 5. The lowest BCUT2D eigenvalue weighted by Gasteiger charge is -2.33. The van der Waals surface area contributed by atoms with Crippen LogP contribution in [0.15, 0.2) is 9.98 Å². The molecule has 0 bridgehead atoms. The van der Waals surface area contributed by atoms with Crippen LogP contribution in [0.3, 0.4) is 0 Å². The molecule has 5 nitrogen and oxygen atoms in total. The molecule has 3 heterocycles. The van der Waals surface area contributed by atoms with Gasteiger partial charge in [0, 0.05) is 0 Å². The summed E-state index contributed by atoms with van der Waals surface area (Å²) in [5, 5.41) is 10.2. The molecule has 0 amide bonds. The minimum atomic E-state index is 0.227. The average Bonchev–Trinajstić information content (AvgIpc) is 2.59. The van der Waals surface area contributed by atoms with E-state index in [1.54, 1.807) is 0 Å². The zero-order chi connectivity index (χ0) is 9.71. The van der Waals surface area contributed by atoms with E-state index in [-0.39, 0.29) is 12.3 Å². The van der Waals surface area contributed by atoms with Crippen LogP contribution >= 0.6 is 0 Å². The highest BCUT2D eigenvalue weighted by Gasteiger charge is 2.41. The summed E-state index contributed by atoms with van der Waals surface area (Å²) >= 11 is 0. The van der Waals surface area contributed by atoms with Crippen molar-refractivity contribution >= 4 is 11.7 Å². The second-order valence-corrected chi connectivity index (χ2v) is 4.22. The predicted molar refractivity (Wildman–Crippen MR) is 55.4 cm³/mol. The van der Waals surface area contributed by atoms with Gasteiger partial charge in [0.1, 0.15) is 12.3 Å². The second kappa shape index (κ2) is 2.70. The van der Waals surface area contributed by atoms with Crippen molar-refractivity contribution in [2.45, 2.75) is 44.7 Å². The van der Waals surface area contributed by atoms with E-state index in [0.717, 1.165) is 18.1 Å². The number of nitrogens with zero attached hydrogens (tertiary/aromatic N) is 2. The Morgan fingerprint density at radius 1 is 1.14 bits per heavy atom. The van der Waals surface area contributed by atoms with E-state index >= 15 is 0 Å². The molecular formula is C9H15N5. The molecule has 1 saturated heterocycles. The minimum Gasteiger partial charge on any atom is -0.368 e. The van der Waals surface area contributed by atoms with Crippen LogP contribution in [-0.4, -0.2) is 36.1 Å². The highest BCUT2D eigenvalue weighted by atomic mass is 15.3. The van der Waals surface area contributed by atoms with Gasteiger partial charge in [0.05, 0.1) is 23.8 Å². The second-order valence-electron chi connectivity index (χ2n) is 4.22. The first-order chi connectivity index (χ1) is 6.72. The lowest BCUT2D eigenvalue weighted by atomic mass is 9.99. The van der Waals surface area contributed by atoms with E-state index in [1.807, 2.05) is 13.8 Å². The van der Waals surface area contributed by atoms with E-state index in [1.165, 1.54) is 0 Å². The Hall–Kier alpha value is -1.10. The largest absolute Gasteiger partial charge is 0.368 e. The molecule has 1 fully saturated rings. The number of piperidine rings is 1. The fourth-order valence-electron chi connectivity index (χ4n) is 2.49. The SMILES string of the molecule is CC1=NC2NC3NC(C)=NC3CC2N1. The molecule has 3 N–H and O–H groups in total. The number of rotatable bonds is 0. The van der Waals surface area contributed by atoms with Crippen molar-refractivity contribution in [1.82, 2.24) is 16.0 Å². The smallest absolute Gasteiger partial charge is 0.123 e. The Balaban J connectivity index is 1.78. The molecule has 76 valence electrons. The molecule has 14 heavy (non-hydrogen) atoms. The molecule has 0 aliphatic carbocycles. The molecule has 0 radical (unpaired) electrons. The monoisotopic (exact) mass is 193 g/mol. The van der Waals surface area contributed by atoms with Gasteiger partial charge >= 0.3 is 0 Å². The molecule has 0 saturated carbocycles. The molecule has 0 aromatic rings. The third kappa shape index (κ3) is 1.12. The summed E-state index contributed by atoms with van der Waals surface area (Å²) in [6, 6.07) is 0.789. The normalized spacial score (nSPS) is 44.4. The molecule has 3 aliphatic heterocycles. The predicted octanol–water partition coefficient (Wildman–Crippen LogP) is -0.588. The summed E-state index contributed by atoms with van der Waals surface area (Å²) in [5.74, 6) is 2.07. The highest BCUT2D eigenvalue weighted by molar-refractivity contribution is 5.83. The zero-order valence-electron chi connectivity index (χ0n) is 8.41. The molecule has 0 aromatic carbocycles. The van der Waals surface area contributed by atoms with Crippen molar-refractivity contribution < 1.29 is 0 Å². The Morgan fingerprint density at radius 3 is 2.79 bits per heavy atom. The molecule has 3 rings (SSSR count). The molecule has 4 unspecified atom stereocenters. The topological polar surface area (TPSA) is 60.8 Å². The maximum absolute atomic E-state index is 4.55. The van der Waals surface area contributed by atoms with Gasteiger partial charge < -0.3 is 10.6 Å². The quantitative estimate of drug-likeness (QED) is 0.482. The number of nitrogens with one attached hydrogen (secondary N) is 3. The van der Waals surface area contributed by atoms with Gasteiger partial charge in [0.25, 0.3) is 0 Å². The molecule has 5 heteroatoms. The Morgan fingerprint density at radius 2 is 1.93 bits per heavy atom. The van der Waals surface area contributed by atoms with Crippen LogP contribution in [0.1, 0.15) is 20.3 Å². The van der Waals surface area contributed by atoms with Crippen LogP contribution in [0.5, 0.6) is 0 Å². The first-order valence-electron chi connectivity index (χ1n) is 5.10. The van der Waals surface area contributed by atoms with Crippen LogP contribution < -0.4 is 16.0 Å². The van der Waals surface area contributed by atoms with Crippen LogP contribution in [0, 0.1) is 0 Å². The Labute approximate surface area is 83.1 Å². The first kappa shape index (κ1) is 8.23. The van der Waals surface area contributed by atoms with Gasteiger partial charge in [-0.2, -0.15) is 0 Å². The van der Waals surface area contributed by atoms with Crippen LogP contribution in [0.4, 0.5) is 0 Å². The number of amidine groups is 2. The van der Waals surface area contributed by atoms with Gasteiger partial charge in [-0.25, -0.2) is 0 Å². The first-order valence-corrected chi connectivity index (χ1v) is 5.10. The molecule has 3 aliphatic rings. The summed E-state index contributed by atoms with van der Waals surface area (Å²) in [6.45, 7) is 4.02. The van der Waals surface area contributed by atoms with Gasteiger partial charge in [-0.05, 0) is 20.3 Å². The van der Waals surface area contributed by atoms with Crippen molar-refractivity contribution in [3.63, 3.8) is 0 Å². The van der Waals surface area contributed by atoms with E-state index in [4.69, 9.17) is 0 Å². The van der Waals surface area contributed by atoms with Crippen molar-refractivity contribution in [2.24, 2.45) is 9.98 Å². The fourth-order valence-corrected chi connectivity index (χ4v) is 2.49. The number of hydrogen-bond donors (Lipinski definition) is 3. The minimum absolute atomic E-state index is 0.227. The summed E-state index contributed by atoms with van der Waals surface area (Å²) < 4.78 is 0. The van der Waals surface area contributed by atoms with Crippen LogP contribution in [-0.2, 0) is 0 Å². The number of aliphatic imine (C=N–C) groups is 2. The van der Waals surface area contributed by atoms with E-state index in [2.05, 4.69) is 25.9 Å². The highest BCUT2D eigenvalue weighted by Crippen LogP contribution is 2.22. The lowest BCUT2D eigenvalue weighted by Crippen LogP contribution is -2.60. The third-order valence-corrected chi connectivity index (χ3v) is 3.06. The zero-order valence-corrected chi connectivity index (χ0v) is 8.41. The van der Waals surface area contributed by atoms with E-state index in [0.29, 0.717) is 12.1 Å². The van der Waals surface area contributed by atoms with Crippen molar-refractivity contribution in [3.8, 4) is 0 Å². The third-order valence-electron chi connectivity index (χ3n) is 3.06. The fraction of sp³-hybridized carbons (Fsp3) is 0.778. The van der Waals surface area contributed by atoms with Crippen molar-refractivity contribution in [2.75, 3.05) is 0 Å². The van der Waals surface area contributed by atoms with Gasteiger partial charge in [-0.15, -0.1) is 0 Å². The molecule has 4 atom stereocenters. The van der Waals surface area contributed by atoms with Crippen LogP contribution in [0.25, 0.3) is 0 Å². The lowest BCUT2D eigenvalue weighted by molar-refractivity contribution is 0.262. The van der Waals surface area contributed by atoms with Crippen molar-refractivity contribution in [1.29, 1.82) is 0 Å². The van der Waals surface area contributed by atoms with Crippen LogP contribution in [0.2, 0.25) is 0 Å². The van der Waals surface area contributed by atoms with E-state index in [9.17, 15) is 0 Å². The van der Waals surface area contributed by atoms with Gasteiger partial charge in [-0.3, -0.25) is 15.3 Å². The summed E-state index contributed by atoms with van der Waals surface area (Å²) in [5.41, 5.74) is 0. The van der Waals surface area contributed by atoms with Gasteiger partial charge in [0.15, 0.2) is 0 Å². The summed E-state index contributed by atoms with van der Waals surface area (Å²) in [4.78, 5) is 9.05. The maximum atomic E-state index is 4.55. The number of fused-ring (bicyclic) bond motifs is 2. The Bertz CT molecular complexity index is 289. The standard InChI is InChI=1S/C9H15N5/c1-4-10-6-3-7-9(13-5(2)11-7)14-8(6)12-4/h6-9,14H,3H2,1-2H3,(H,10,12)(H,11,13). The Kier molecular flexibility index (Phi) is 1.58. The van der Waals surface area contributed by atoms with E-state index < -0.39 is 0 Å². The average molecular weight is 193 g/mol. The molecule has 0 spiro atoms. The summed E-state index contributed by atoms with van der Waals surface area (Å²) in [7, 11) is 0. The van der Waals surface area contributed by atoms with Gasteiger partial charge in [0.2, 0.25) is 0 Å². The van der Waals surface area contributed by atoms with Gasteiger partial charge in [-0.1, -0.05) is 0 Å². The molecule has 0 aromatic heterocycles. The molecular weight excluding hydrogens is 178 g/mol. The maximum Gasteiger partial charge on any atom is 0.123 e.